The molecule has 0 saturated carbocycles. The summed E-state index contributed by atoms with van der Waals surface area (Å²) >= 11 is 0. The van der Waals surface area contributed by atoms with Gasteiger partial charge >= 0.3 is 0 Å². The maximum atomic E-state index is 10.7. The van der Waals surface area contributed by atoms with Crippen molar-refractivity contribution < 1.29 is 15.0 Å². The highest BCUT2D eigenvalue weighted by molar-refractivity contribution is 5.94. The minimum atomic E-state index is -0.446. The van der Waals surface area contributed by atoms with Crippen LogP contribution in [-0.2, 0) is 4.79 Å². The van der Waals surface area contributed by atoms with Gasteiger partial charge in [-0.3, -0.25) is 4.79 Å². The van der Waals surface area contributed by atoms with Crippen molar-refractivity contribution in [3.8, 4) is 0 Å². The van der Waals surface area contributed by atoms with Gasteiger partial charge in [0.05, 0.1) is 0 Å². The van der Waals surface area contributed by atoms with Crippen molar-refractivity contribution in [2.75, 3.05) is 0 Å². The minimum absolute atomic E-state index is 0.0716. The van der Waals surface area contributed by atoms with E-state index in [1.165, 1.54) is 0 Å². The first-order chi connectivity index (χ1) is 4.63. The highest BCUT2D eigenvalue weighted by Crippen LogP contribution is 2.23. The summed E-state index contributed by atoms with van der Waals surface area (Å²) < 4.78 is 0. The van der Waals surface area contributed by atoms with Gasteiger partial charge in [-0.05, 0) is 6.42 Å². The van der Waals surface area contributed by atoms with E-state index in [1.807, 2.05) is 0 Å². The molecular formula is C7H10O3. The van der Waals surface area contributed by atoms with Crippen LogP contribution in [0.2, 0.25) is 0 Å². The first kappa shape index (κ1) is 7.12. The molecule has 3 heteroatoms. The Morgan fingerprint density at radius 2 is 2.10 bits per heavy atom. The lowest BCUT2D eigenvalue weighted by molar-refractivity contribution is -0.119. The fraction of sp³-hybridized carbons (Fsp3) is 0.571. The fourth-order valence-corrected chi connectivity index (χ4v) is 0.979. The van der Waals surface area contributed by atoms with Crippen LogP contribution in [0.1, 0.15) is 19.8 Å². The zero-order valence-corrected chi connectivity index (χ0v) is 5.79. The van der Waals surface area contributed by atoms with Crippen molar-refractivity contribution in [1.82, 2.24) is 0 Å². The van der Waals surface area contributed by atoms with Crippen molar-refractivity contribution in [1.29, 1.82) is 0 Å². The maximum absolute atomic E-state index is 10.7. The molecule has 0 amide bonds. The molecule has 2 N–H and O–H groups in total. The Hall–Kier alpha value is -0.990. The number of ketones is 1. The second kappa shape index (κ2) is 2.33. The molecule has 0 bridgehead atoms. The first-order valence-corrected chi connectivity index (χ1v) is 3.28. The number of carbonyl (C=O) groups excluding carboxylic acids is 1. The topological polar surface area (TPSA) is 57.5 Å². The smallest absolute Gasteiger partial charge is 0.200 e. The van der Waals surface area contributed by atoms with E-state index < -0.39 is 5.76 Å². The van der Waals surface area contributed by atoms with E-state index in [0.29, 0.717) is 12.8 Å². The van der Waals surface area contributed by atoms with Crippen molar-refractivity contribution in [3.05, 3.63) is 11.5 Å². The number of Topliss-reactive ketones (excluding diaryl/α,β-unsaturated/α-hetero) is 1. The lowest BCUT2D eigenvalue weighted by Crippen LogP contribution is -2.17. The lowest BCUT2D eigenvalue weighted by Gasteiger charge is -2.16. The maximum Gasteiger partial charge on any atom is 0.200 e. The Morgan fingerprint density at radius 3 is 2.60 bits per heavy atom. The Kier molecular flexibility index (Phi) is 1.66. The molecule has 0 aromatic heterocycles. The summed E-state index contributed by atoms with van der Waals surface area (Å²) in [5, 5.41) is 17.9. The summed E-state index contributed by atoms with van der Waals surface area (Å²) in [5.41, 5.74) is 0. The largest absolute Gasteiger partial charge is 0.508 e. The van der Waals surface area contributed by atoms with Gasteiger partial charge in [0.2, 0.25) is 5.78 Å². The second-order valence-electron chi connectivity index (χ2n) is 2.60. The summed E-state index contributed by atoms with van der Waals surface area (Å²) in [6.07, 6.45) is 0.978. The van der Waals surface area contributed by atoms with Gasteiger partial charge in [0.1, 0.15) is 5.76 Å². The van der Waals surface area contributed by atoms with Gasteiger partial charge in [-0.1, -0.05) is 6.92 Å². The molecular weight excluding hydrogens is 132 g/mol. The molecule has 1 unspecified atom stereocenters. The van der Waals surface area contributed by atoms with Crippen LogP contribution in [-0.4, -0.2) is 16.0 Å². The van der Waals surface area contributed by atoms with Crippen LogP contribution in [0.15, 0.2) is 11.5 Å². The number of aliphatic hydroxyl groups excluding tert-OH is 2. The molecule has 1 rings (SSSR count). The van der Waals surface area contributed by atoms with Crippen molar-refractivity contribution in [3.63, 3.8) is 0 Å². The summed E-state index contributed by atoms with van der Waals surface area (Å²) in [6, 6.07) is 0. The molecule has 0 radical (unpaired) electrons. The highest BCUT2D eigenvalue weighted by atomic mass is 16.3. The van der Waals surface area contributed by atoms with Gasteiger partial charge < -0.3 is 10.2 Å². The average molecular weight is 142 g/mol. The molecule has 0 spiro atoms. The molecule has 1 aliphatic carbocycles. The van der Waals surface area contributed by atoms with Crippen LogP contribution in [0.25, 0.3) is 0 Å². The van der Waals surface area contributed by atoms with Gasteiger partial charge in [0.15, 0.2) is 5.76 Å². The predicted octanol–water partition coefficient (Wildman–Crippen LogP) is 1.31. The molecule has 10 heavy (non-hydrogen) atoms. The average Bonchev–Trinajstić information content (AvgIpc) is 1.93. The number of allylic oxidation sites excluding steroid dienone is 2. The van der Waals surface area contributed by atoms with Crippen molar-refractivity contribution in [2.45, 2.75) is 19.8 Å². The SMILES string of the molecule is CC1CCC(=O)C(O)=C1O. The number of hydrogen-bond acceptors (Lipinski definition) is 3. The van der Waals surface area contributed by atoms with Crippen LogP contribution in [0.5, 0.6) is 0 Å². The zero-order valence-electron chi connectivity index (χ0n) is 5.79. The first-order valence-electron chi connectivity index (χ1n) is 3.28. The van der Waals surface area contributed by atoms with E-state index in [2.05, 4.69) is 0 Å². The van der Waals surface area contributed by atoms with E-state index in [9.17, 15) is 4.79 Å². The van der Waals surface area contributed by atoms with Crippen LogP contribution in [0, 0.1) is 5.92 Å². The Balaban J connectivity index is 2.92. The summed E-state index contributed by atoms with van der Waals surface area (Å²) in [6.45, 7) is 1.78. The molecule has 0 fully saturated rings. The Morgan fingerprint density at radius 1 is 1.50 bits per heavy atom. The molecule has 3 nitrogen and oxygen atoms in total. The third-order valence-corrected chi connectivity index (χ3v) is 1.78. The van der Waals surface area contributed by atoms with Gasteiger partial charge in [-0.2, -0.15) is 0 Å². The molecule has 1 aliphatic rings. The number of aliphatic hydroxyl groups is 2. The van der Waals surface area contributed by atoms with Crippen molar-refractivity contribution in [2.24, 2.45) is 5.92 Å². The van der Waals surface area contributed by atoms with Gasteiger partial charge in [0, 0.05) is 12.3 Å². The Bertz CT molecular complexity index is 193. The number of carbonyl (C=O) groups is 1. The molecule has 0 aromatic carbocycles. The van der Waals surface area contributed by atoms with Crippen molar-refractivity contribution >= 4 is 5.78 Å². The van der Waals surface area contributed by atoms with Gasteiger partial charge in [0.25, 0.3) is 0 Å². The molecule has 0 heterocycles. The highest BCUT2D eigenvalue weighted by Gasteiger charge is 2.24. The van der Waals surface area contributed by atoms with E-state index in [4.69, 9.17) is 10.2 Å². The quantitative estimate of drug-likeness (QED) is 0.536. The van der Waals surface area contributed by atoms with Crippen LogP contribution in [0.4, 0.5) is 0 Å². The number of rotatable bonds is 0. The molecule has 1 atom stereocenters. The monoisotopic (exact) mass is 142 g/mol. The molecule has 0 aliphatic heterocycles. The Labute approximate surface area is 59.0 Å². The standard InChI is InChI=1S/C7H10O3/c1-4-2-3-5(8)7(10)6(4)9/h4,9-10H,2-3H2,1H3. The fourth-order valence-electron chi connectivity index (χ4n) is 0.979. The summed E-state index contributed by atoms with van der Waals surface area (Å²) in [5.74, 6) is -1.02. The van der Waals surface area contributed by atoms with E-state index >= 15 is 0 Å². The number of hydrogen-bond donors (Lipinski definition) is 2. The lowest BCUT2D eigenvalue weighted by atomic mass is 9.94. The van der Waals surface area contributed by atoms with E-state index in [1.54, 1.807) is 6.92 Å². The minimum Gasteiger partial charge on any atom is -0.508 e. The van der Waals surface area contributed by atoms with Crippen LogP contribution >= 0.6 is 0 Å². The van der Waals surface area contributed by atoms with Crippen LogP contribution in [0.3, 0.4) is 0 Å². The zero-order chi connectivity index (χ0) is 7.72. The second-order valence-corrected chi connectivity index (χ2v) is 2.60. The predicted molar refractivity (Wildman–Crippen MR) is 35.7 cm³/mol. The molecule has 0 saturated heterocycles. The van der Waals surface area contributed by atoms with Gasteiger partial charge in [-0.25, -0.2) is 0 Å². The third-order valence-electron chi connectivity index (χ3n) is 1.78. The van der Waals surface area contributed by atoms with E-state index in [0.717, 1.165) is 0 Å². The normalized spacial score (nSPS) is 27.3. The summed E-state index contributed by atoms with van der Waals surface area (Å²) in [4.78, 5) is 10.7. The molecule has 0 aromatic rings. The third kappa shape index (κ3) is 0.988. The summed E-state index contributed by atoms with van der Waals surface area (Å²) in [7, 11) is 0. The van der Waals surface area contributed by atoms with E-state index in [-0.39, 0.29) is 17.5 Å². The van der Waals surface area contributed by atoms with Crippen LogP contribution < -0.4 is 0 Å². The molecule has 56 valence electrons. The van der Waals surface area contributed by atoms with Gasteiger partial charge in [-0.15, -0.1) is 0 Å².